The Morgan fingerprint density at radius 1 is 1.30 bits per heavy atom. The van der Waals surface area contributed by atoms with Crippen LogP contribution in [-0.4, -0.2) is 59.6 Å². The van der Waals surface area contributed by atoms with Crippen LogP contribution in [0.25, 0.3) is 0 Å². The highest BCUT2D eigenvalue weighted by Gasteiger charge is 2.79. The topological polar surface area (TPSA) is 119 Å². The Morgan fingerprint density at radius 2 is 2.03 bits per heavy atom. The van der Waals surface area contributed by atoms with Crippen LogP contribution >= 0.6 is 0 Å². The maximum atomic E-state index is 13.3. The van der Waals surface area contributed by atoms with E-state index < -0.39 is 58.5 Å². The van der Waals surface area contributed by atoms with E-state index in [-0.39, 0.29) is 31.3 Å². The molecule has 5 rings (SSSR count). The first-order chi connectivity index (χ1) is 14.1. The van der Waals surface area contributed by atoms with Gasteiger partial charge in [0.15, 0.2) is 12.1 Å². The summed E-state index contributed by atoms with van der Waals surface area (Å²) in [6.45, 7) is 7.31. The number of fused-ring (bicyclic) bond motifs is 1. The van der Waals surface area contributed by atoms with Crippen molar-refractivity contribution in [1.29, 1.82) is 0 Å². The van der Waals surface area contributed by atoms with Crippen LogP contribution in [0.3, 0.4) is 0 Å². The van der Waals surface area contributed by atoms with Crippen molar-refractivity contribution in [3.8, 4) is 0 Å². The monoisotopic (exact) mass is 420 g/mol. The van der Waals surface area contributed by atoms with E-state index in [9.17, 15) is 24.6 Å². The first-order valence-corrected chi connectivity index (χ1v) is 10.6. The molecule has 5 aliphatic rings. The van der Waals surface area contributed by atoms with E-state index in [1.807, 2.05) is 6.92 Å². The van der Waals surface area contributed by atoms with Gasteiger partial charge in [-0.2, -0.15) is 0 Å². The number of carbonyl (C=O) groups is 3. The van der Waals surface area contributed by atoms with Crippen molar-refractivity contribution in [3.63, 3.8) is 0 Å². The molecule has 2 heterocycles. The van der Waals surface area contributed by atoms with Crippen LogP contribution in [0.5, 0.6) is 0 Å². The third-order valence-corrected chi connectivity index (χ3v) is 8.69. The average Bonchev–Trinajstić information content (AvgIpc) is 3.13. The van der Waals surface area contributed by atoms with Crippen molar-refractivity contribution in [2.75, 3.05) is 13.2 Å². The van der Waals surface area contributed by atoms with Gasteiger partial charge in [-0.15, -0.1) is 0 Å². The van der Waals surface area contributed by atoms with Gasteiger partial charge in [-0.05, 0) is 37.2 Å². The first-order valence-electron chi connectivity index (χ1n) is 10.6. The number of ketones is 1. The Hall–Kier alpha value is -1.77. The quantitative estimate of drug-likeness (QED) is 0.381. The molecule has 9 atom stereocenters. The average molecular weight is 420 g/mol. The fourth-order valence-corrected chi connectivity index (χ4v) is 7.61. The minimum Gasteiger partial charge on any atom is -0.465 e. The van der Waals surface area contributed by atoms with Crippen LogP contribution in [0, 0.1) is 34.0 Å². The summed E-state index contributed by atoms with van der Waals surface area (Å²) in [4.78, 5) is 38.1. The van der Waals surface area contributed by atoms with Crippen LogP contribution in [0.2, 0.25) is 0 Å². The number of carbonyl (C=O) groups excluding carboxylic acids is 3. The molecule has 2 N–H and O–H groups in total. The van der Waals surface area contributed by atoms with Crippen molar-refractivity contribution >= 4 is 17.7 Å². The summed E-state index contributed by atoms with van der Waals surface area (Å²) in [5.41, 5.74) is -2.71. The molecular formula is C22H28O8. The van der Waals surface area contributed by atoms with Crippen LogP contribution in [0.1, 0.15) is 39.5 Å². The highest BCUT2D eigenvalue weighted by molar-refractivity contribution is 6.15. The molecule has 3 aliphatic carbocycles. The molecule has 8 nitrogen and oxygen atoms in total. The van der Waals surface area contributed by atoms with Crippen molar-refractivity contribution in [1.82, 2.24) is 0 Å². The molecule has 0 aromatic rings. The van der Waals surface area contributed by atoms with Gasteiger partial charge >= 0.3 is 11.9 Å². The smallest absolute Gasteiger partial charge is 0.320 e. The second-order valence-corrected chi connectivity index (χ2v) is 10.2. The molecule has 5 fully saturated rings. The summed E-state index contributed by atoms with van der Waals surface area (Å²) in [6, 6.07) is 0. The molecule has 0 radical (unpaired) electrons. The predicted molar refractivity (Wildman–Crippen MR) is 101 cm³/mol. The third-order valence-electron chi connectivity index (χ3n) is 8.69. The molecule has 2 saturated heterocycles. The summed E-state index contributed by atoms with van der Waals surface area (Å²) < 4.78 is 17.0. The van der Waals surface area contributed by atoms with Gasteiger partial charge in [-0.25, -0.2) is 0 Å². The summed E-state index contributed by atoms with van der Waals surface area (Å²) in [6.07, 6.45) is -1.02. The van der Waals surface area contributed by atoms with Gasteiger partial charge in [-0.3, -0.25) is 14.4 Å². The molecule has 0 aromatic heterocycles. The van der Waals surface area contributed by atoms with E-state index in [4.69, 9.17) is 14.2 Å². The molecule has 4 unspecified atom stereocenters. The van der Waals surface area contributed by atoms with Crippen molar-refractivity contribution in [3.05, 3.63) is 12.2 Å². The fourth-order valence-electron chi connectivity index (χ4n) is 7.61. The number of rotatable bonds is 2. The Labute approximate surface area is 174 Å². The second kappa shape index (κ2) is 6.14. The maximum absolute atomic E-state index is 13.3. The first kappa shape index (κ1) is 20.2. The lowest BCUT2D eigenvalue weighted by molar-refractivity contribution is -0.256. The zero-order valence-electron chi connectivity index (χ0n) is 17.3. The van der Waals surface area contributed by atoms with E-state index in [2.05, 4.69) is 6.58 Å². The van der Waals surface area contributed by atoms with Gasteiger partial charge < -0.3 is 24.4 Å². The highest BCUT2D eigenvalue weighted by Crippen LogP contribution is 2.71. The Morgan fingerprint density at radius 3 is 2.73 bits per heavy atom. The molecule has 0 aromatic carbocycles. The normalized spacial score (nSPS) is 51.7. The predicted octanol–water partition coefficient (Wildman–Crippen LogP) is 0.739. The molecule has 2 bridgehead atoms. The van der Waals surface area contributed by atoms with Crippen LogP contribution in [0.4, 0.5) is 0 Å². The van der Waals surface area contributed by atoms with E-state index in [0.29, 0.717) is 24.8 Å². The van der Waals surface area contributed by atoms with Gasteiger partial charge in [0, 0.05) is 29.6 Å². The number of hydrogen-bond acceptors (Lipinski definition) is 8. The molecule has 3 saturated carbocycles. The molecule has 30 heavy (non-hydrogen) atoms. The zero-order valence-corrected chi connectivity index (χ0v) is 17.3. The zero-order chi connectivity index (χ0) is 21.6. The molecule has 164 valence electrons. The summed E-state index contributed by atoms with van der Waals surface area (Å²) >= 11 is 0. The SMILES string of the molecule is C=C1C(=O)[C@]23CC1CC(O)[C@H]2[C@@]12COC(O)[C@@H]1[C@](C)(COC(C)=O)CCC2OC3=O. The lowest BCUT2D eigenvalue weighted by Gasteiger charge is -2.62. The standard InChI is InChI=1S/C22H28O8/c1-10-12-6-13(24)15-21(7-12,17(10)25)19(27)30-14-4-5-20(3,8-28-11(2)23)16-18(26)29-9-22(14,15)16/h12-16,18,24,26H,1,4-9H2,2-3H3/t12?,13?,14?,15-,16-,18?,20+,21+,22+/m1/s1. The maximum Gasteiger partial charge on any atom is 0.320 e. The number of esters is 2. The minimum atomic E-state index is -1.48. The van der Waals surface area contributed by atoms with Crippen molar-refractivity contribution < 1.29 is 38.8 Å². The lowest BCUT2D eigenvalue weighted by atomic mass is 9.43. The summed E-state index contributed by atoms with van der Waals surface area (Å²) in [5.74, 6) is -2.90. The van der Waals surface area contributed by atoms with Crippen LogP contribution < -0.4 is 0 Å². The van der Waals surface area contributed by atoms with E-state index >= 15 is 0 Å². The van der Waals surface area contributed by atoms with Gasteiger partial charge in [0.1, 0.15) is 11.5 Å². The number of allylic oxidation sites excluding steroid dienone is 1. The van der Waals surface area contributed by atoms with Gasteiger partial charge in [0.25, 0.3) is 0 Å². The van der Waals surface area contributed by atoms with Gasteiger partial charge in [-0.1, -0.05) is 13.5 Å². The molecule has 2 aliphatic heterocycles. The van der Waals surface area contributed by atoms with E-state index in [1.165, 1.54) is 6.92 Å². The van der Waals surface area contributed by atoms with Crippen molar-refractivity contribution in [2.24, 2.45) is 34.0 Å². The minimum absolute atomic E-state index is 0.0698. The highest BCUT2D eigenvalue weighted by atomic mass is 16.6. The summed E-state index contributed by atoms with van der Waals surface area (Å²) in [5, 5.41) is 22.2. The summed E-state index contributed by atoms with van der Waals surface area (Å²) in [7, 11) is 0. The van der Waals surface area contributed by atoms with Crippen LogP contribution in [-0.2, 0) is 28.6 Å². The Kier molecular flexibility index (Phi) is 4.13. The molecule has 8 heteroatoms. The van der Waals surface area contributed by atoms with Crippen molar-refractivity contribution in [2.45, 2.75) is 58.0 Å². The van der Waals surface area contributed by atoms with E-state index in [0.717, 1.165) is 0 Å². The second-order valence-electron chi connectivity index (χ2n) is 10.2. The number of aliphatic hydroxyl groups excluding tert-OH is 2. The largest absolute Gasteiger partial charge is 0.465 e. The van der Waals surface area contributed by atoms with Gasteiger partial charge in [0.05, 0.1) is 19.3 Å². The fraction of sp³-hybridized carbons (Fsp3) is 0.773. The van der Waals surface area contributed by atoms with Crippen LogP contribution in [0.15, 0.2) is 12.2 Å². The number of aliphatic hydroxyl groups is 2. The number of ether oxygens (including phenoxy) is 3. The van der Waals surface area contributed by atoms with Gasteiger partial charge in [0.2, 0.25) is 0 Å². The lowest BCUT2D eigenvalue weighted by Crippen LogP contribution is -2.71. The Balaban J connectivity index is 1.66. The molecule has 2 spiro atoms. The number of Topliss-reactive ketones (excluding diaryl/α,β-unsaturated/α-hetero) is 1. The molecule has 0 amide bonds. The number of hydrogen-bond donors (Lipinski definition) is 2. The third kappa shape index (κ3) is 2.19. The Bertz CT molecular complexity index is 852. The van der Waals surface area contributed by atoms with E-state index in [1.54, 1.807) is 0 Å². The molecular weight excluding hydrogens is 392 g/mol.